The second-order valence-corrected chi connectivity index (χ2v) is 7.01. The molecule has 0 amide bonds. The molecule has 0 fully saturated rings. The Morgan fingerprint density at radius 3 is 1.65 bits per heavy atom. The summed E-state index contributed by atoms with van der Waals surface area (Å²) in [5.74, 6) is 0. The predicted molar refractivity (Wildman–Crippen MR) is 101 cm³/mol. The maximum Gasteiger partial charge on any atom is 0.0577 e. The fourth-order valence-corrected chi connectivity index (χ4v) is 3.04. The van der Waals surface area contributed by atoms with Gasteiger partial charge in [-0.15, -0.1) is 0 Å². The minimum Gasteiger partial charge on any atom is -0.393 e. The predicted octanol–water partition coefficient (Wildman–Crippen LogP) is 4.80. The van der Waals surface area contributed by atoms with Crippen LogP contribution in [0.5, 0.6) is 0 Å². The molecule has 2 unspecified atom stereocenters. The second kappa shape index (κ2) is 18.2. The van der Waals surface area contributed by atoms with E-state index in [9.17, 15) is 10.2 Å². The first kappa shape index (κ1) is 22.9. The molecule has 0 spiro atoms. The van der Waals surface area contributed by atoms with E-state index in [1.807, 2.05) is 0 Å². The molecule has 140 valence electrons. The van der Waals surface area contributed by atoms with Crippen LogP contribution in [-0.4, -0.2) is 35.5 Å². The molecule has 0 aliphatic heterocycles. The Kier molecular flexibility index (Phi) is 18.1. The second-order valence-electron chi connectivity index (χ2n) is 7.01. The molecule has 0 aromatic carbocycles. The molecule has 3 N–H and O–H groups in total. The maximum absolute atomic E-state index is 9.94. The van der Waals surface area contributed by atoms with E-state index < -0.39 is 0 Å². The van der Waals surface area contributed by atoms with Crippen LogP contribution in [0.3, 0.4) is 0 Å². The normalized spacial score (nSPS) is 14.1. The third kappa shape index (κ3) is 18.1. The van der Waals surface area contributed by atoms with Gasteiger partial charge < -0.3 is 15.5 Å². The lowest BCUT2D eigenvalue weighted by Gasteiger charge is -2.15. The minimum atomic E-state index is -0.364. The number of hydrogen-bond acceptors (Lipinski definition) is 3. The van der Waals surface area contributed by atoms with Crippen LogP contribution in [-0.2, 0) is 0 Å². The largest absolute Gasteiger partial charge is 0.393 e. The molecule has 0 heterocycles. The molecule has 0 saturated heterocycles. The highest BCUT2D eigenvalue weighted by molar-refractivity contribution is 4.65. The maximum atomic E-state index is 9.94. The summed E-state index contributed by atoms with van der Waals surface area (Å²) < 4.78 is 0. The summed E-state index contributed by atoms with van der Waals surface area (Å²) in [6, 6.07) is 0. The van der Waals surface area contributed by atoms with Crippen LogP contribution in [0.25, 0.3) is 0 Å². The molecule has 0 aliphatic carbocycles. The molecule has 0 saturated carbocycles. The highest BCUT2D eigenvalue weighted by Crippen LogP contribution is 2.14. The van der Waals surface area contributed by atoms with Crippen LogP contribution >= 0.6 is 0 Å². The van der Waals surface area contributed by atoms with Crippen LogP contribution < -0.4 is 5.32 Å². The zero-order valence-corrected chi connectivity index (χ0v) is 15.9. The van der Waals surface area contributed by atoms with E-state index in [2.05, 4.69) is 19.2 Å². The van der Waals surface area contributed by atoms with Crippen LogP contribution in [0.4, 0.5) is 0 Å². The van der Waals surface area contributed by atoms with Gasteiger partial charge in [0.2, 0.25) is 0 Å². The van der Waals surface area contributed by atoms with E-state index >= 15 is 0 Å². The average molecular weight is 330 g/mol. The number of unbranched alkanes of at least 4 members (excludes halogenated alkanes) is 10. The quantitative estimate of drug-likeness (QED) is 0.317. The molecule has 0 bridgehead atoms. The van der Waals surface area contributed by atoms with Crippen molar-refractivity contribution in [3.05, 3.63) is 0 Å². The van der Waals surface area contributed by atoms with Crippen LogP contribution in [0, 0.1) is 0 Å². The highest BCUT2D eigenvalue weighted by atomic mass is 16.3. The molecule has 23 heavy (non-hydrogen) atoms. The molecule has 3 heteroatoms. The van der Waals surface area contributed by atoms with Gasteiger partial charge in [-0.05, 0) is 32.4 Å². The number of rotatable bonds is 18. The Balaban J connectivity index is 3.24. The van der Waals surface area contributed by atoms with E-state index in [0.29, 0.717) is 6.42 Å². The molecule has 0 aromatic heterocycles. The van der Waals surface area contributed by atoms with Crippen molar-refractivity contribution < 1.29 is 10.2 Å². The summed E-state index contributed by atoms with van der Waals surface area (Å²) in [7, 11) is 0. The summed E-state index contributed by atoms with van der Waals surface area (Å²) in [6.07, 6.45) is 16.1. The first-order chi connectivity index (χ1) is 11.2. The third-order valence-electron chi connectivity index (χ3n) is 4.59. The zero-order valence-electron chi connectivity index (χ0n) is 15.9. The van der Waals surface area contributed by atoms with Crippen LogP contribution in [0.1, 0.15) is 104 Å². The van der Waals surface area contributed by atoms with E-state index in [1.54, 1.807) is 0 Å². The fraction of sp³-hybridized carbons (Fsp3) is 1.00. The van der Waals surface area contributed by atoms with Crippen molar-refractivity contribution in [2.75, 3.05) is 13.1 Å². The fourth-order valence-electron chi connectivity index (χ4n) is 3.04. The Labute approximate surface area is 145 Å². The van der Waals surface area contributed by atoms with E-state index in [1.165, 1.54) is 64.2 Å². The Hall–Kier alpha value is -0.120. The van der Waals surface area contributed by atoms with Gasteiger partial charge in [-0.2, -0.15) is 0 Å². The molecule has 0 rings (SSSR count). The summed E-state index contributed by atoms with van der Waals surface area (Å²) in [5.41, 5.74) is 0. The van der Waals surface area contributed by atoms with Gasteiger partial charge >= 0.3 is 0 Å². The van der Waals surface area contributed by atoms with Gasteiger partial charge in [-0.25, -0.2) is 0 Å². The van der Waals surface area contributed by atoms with E-state index in [4.69, 9.17) is 0 Å². The Morgan fingerprint density at radius 1 is 0.652 bits per heavy atom. The average Bonchev–Trinajstić information content (AvgIpc) is 2.52. The van der Waals surface area contributed by atoms with Gasteiger partial charge in [-0.3, -0.25) is 0 Å². The lowest BCUT2D eigenvalue weighted by molar-refractivity contribution is 0.0697. The van der Waals surface area contributed by atoms with Gasteiger partial charge in [0.05, 0.1) is 12.2 Å². The summed E-state index contributed by atoms with van der Waals surface area (Å²) >= 11 is 0. The smallest absolute Gasteiger partial charge is 0.0577 e. The van der Waals surface area contributed by atoms with Gasteiger partial charge in [0.1, 0.15) is 0 Å². The van der Waals surface area contributed by atoms with Gasteiger partial charge in [0.25, 0.3) is 0 Å². The molecule has 0 aromatic rings. The highest BCUT2D eigenvalue weighted by Gasteiger charge is 2.11. The van der Waals surface area contributed by atoms with Crippen molar-refractivity contribution in [3.8, 4) is 0 Å². The van der Waals surface area contributed by atoms with Crippen molar-refractivity contribution in [2.45, 2.75) is 116 Å². The van der Waals surface area contributed by atoms with Gasteiger partial charge in [0, 0.05) is 0 Å². The number of nitrogens with one attached hydrogen (secondary N) is 1. The Bertz CT molecular complexity index is 224. The molecular weight excluding hydrogens is 286 g/mol. The molecule has 3 nitrogen and oxygen atoms in total. The summed E-state index contributed by atoms with van der Waals surface area (Å²) in [6.45, 7) is 6.10. The van der Waals surface area contributed by atoms with Gasteiger partial charge in [0.15, 0.2) is 0 Å². The van der Waals surface area contributed by atoms with E-state index in [0.717, 1.165) is 32.4 Å². The summed E-state index contributed by atoms with van der Waals surface area (Å²) in [5, 5.41) is 23.0. The van der Waals surface area contributed by atoms with Crippen molar-refractivity contribution in [3.63, 3.8) is 0 Å². The van der Waals surface area contributed by atoms with Crippen LogP contribution in [0.15, 0.2) is 0 Å². The lowest BCUT2D eigenvalue weighted by atomic mass is 10.0. The first-order valence-electron chi connectivity index (χ1n) is 10.3. The van der Waals surface area contributed by atoms with E-state index in [-0.39, 0.29) is 12.2 Å². The summed E-state index contributed by atoms with van der Waals surface area (Å²) in [4.78, 5) is 0. The lowest BCUT2D eigenvalue weighted by Crippen LogP contribution is -2.23. The topological polar surface area (TPSA) is 52.5 Å². The minimum absolute atomic E-state index is 0.329. The van der Waals surface area contributed by atoms with Crippen molar-refractivity contribution in [2.24, 2.45) is 0 Å². The van der Waals surface area contributed by atoms with Crippen LogP contribution in [0.2, 0.25) is 0 Å². The third-order valence-corrected chi connectivity index (χ3v) is 4.59. The standard InChI is InChI=1S/C20H43NO2/c1-3-5-6-7-8-9-10-11-12-13-14-15-19(22)18-20(23)16-17-21-4-2/h19-23H,3-18H2,1-2H3. The van der Waals surface area contributed by atoms with Crippen molar-refractivity contribution >= 4 is 0 Å². The first-order valence-corrected chi connectivity index (χ1v) is 10.3. The monoisotopic (exact) mass is 329 g/mol. The zero-order chi connectivity index (χ0) is 17.2. The Morgan fingerprint density at radius 2 is 1.13 bits per heavy atom. The molecular formula is C20H43NO2. The van der Waals surface area contributed by atoms with Gasteiger partial charge in [-0.1, -0.05) is 84.5 Å². The molecule has 0 aliphatic rings. The SMILES string of the molecule is CCCCCCCCCCCCCC(O)CC(O)CCNCC. The molecule has 0 radical (unpaired) electrons. The molecule has 2 atom stereocenters. The number of hydrogen-bond donors (Lipinski definition) is 3. The number of aliphatic hydroxyl groups excluding tert-OH is 2. The van der Waals surface area contributed by atoms with Crippen molar-refractivity contribution in [1.82, 2.24) is 5.32 Å². The van der Waals surface area contributed by atoms with Crippen molar-refractivity contribution in [1.29, 1.82) is 0 Å². The number of aliphatic hydroxyl groups is 2.